The molecule has 0 aliphatic rings. The van der Waals surface area contributed by atoms with Gasteiger partial charge in [0.05, 0.1) is 25.9 Å². The zero-order valence-corrected chi connectivity index (χ0v) is 14.3. The normalized spacial score (nSPS) is 13.0. The summed E-state index contributed by atoms with van der Waals surface area (Å²) in [7, 11) is 3.74. The SMILES string of the molecule is COc1ccc(Br)cc1C(CN)N(C)CCOC(C)C. The Labute approximate surface area is 130 Å². The molecule has 20 heavy (non-hydrogen) atoms. The molecule has 0 amide bonds. The molecule has 0 aliphatic carbocycles. The van der Waals surface area contributed by atoms with E-state index in [1.165, 1.54) is 0 Å². The van der Waals surface area contributed by atoms with E-state index in [2.05, 4.69) is 33.9 Å². The maximum absolute atomic E-state index is 5.96. The summed E-state index contributed by atoms with van der Waals surface area (Å²) in [4.78, 5) is 2.20. The third-order valence-electron chi connectivity index (χ3n) is 3.20. The third kappa shape index (κ3) is 5.05. The second-order valence-electron chi connectivity index (χ2n) is 5.04. The maximum Gasteiger partial charge on any atom is 0.123 e. The number of nitrogens with two attached hydrogens (primary N) is 1. The predicted molar refractivity (Wildman–Crippen MR) is 86.2 cm³/mol. The van der Waals surface area contributed by atoms with Crippen molar-refractivity contribution in [1.82, 2.24) is 4.90 Å². The topological polar surface area (TPSA) is 47.7 Å². The van der Waals surface area contributed by atoms with Crippen LogP contribution in [0, 0.1) is 0 Å². The van der Waals surface area contributed by atoms with Gasteiger partial charge in [0.2, 0.25) is 0 Å². The molecule has 1 aromatic carbocycles. The first kappa shape index (κ1) is 17.4. The summed E-state index contributed by atoms with van der Waals surface area (Å²) in [5.74, 6) is 0.861. The van der Waals surface area contributed by atoms with Crippen LogP contribution in [-0.2, 0) is 4.74 Å². The minimum Gasteiger partial charge on any atom is -0.496 e. The quantitative estimate of drug-likeness (QED) is 0.787. The van der Waals surface area contributed by atoms with Crippen molar-refractivity contribution in [2.45, 2.75) is 26.0 Å². The first-order valence-corrected chi connectivity index (χ1v) is 7.64. The molecule has 0 aliphatic heterocycles. The summed E-state index contributed by atoms with van der Waals surface area (Å²) < 4.78 is 12.1. The van der Waals surface area contributed by atoms with Gasteiger partial charge in [0.25, 0.3) is 0 Å². The first-order valence-electron chi connectivity index (χ1n) is 6.85. The van der Waals surface area contributed by atoms with Gasteiger partial charge in [0.15, 0.2) is 0 Å². The van der Waals surface area contributed by atoms with Crippen LogP contribution in [0.5, 0.6) is 5.75 Å². The minimum absolute atomic E-state index is 0.109. The molecule has 0 heterocycles. The van der Waals surface area contributed by atoms with Gasteiger partial charge < -0.3 is 15.2 Å². The second-order valence-corrected chi connectivity index (χ2v) is 5.95. The molecule has 1 rings (SSSR count). The molecule has 114 valence electrons. The van der Waals surface area contributed by atoms with Crippen LogP contribution in [-0.4, -0.2) is 44.9 Å². The molecular weight excluding hydrogens is 320 g/mol. The van der Waals surface area contributed by atoms with Gasteiger partial charge in [0.1, 0.15) is 5.75 Å². The third-order valence-corrected chi connectivity index (χ3v) is 3.69. The van der Waals surface area contributed by atoms with Crippen molar-refractivity contribution in [3.63, 3.8) is 0 Å². The Bertz CT molecular complexity index is 413. The van der Waals surface area contributed by atoms with Crippen molar-refractivity contribution in [2.75, 3.05) is 33.9 Å². The van der Waals surface area contributed by atoms with Crippen molar-refractivity contribution in [1.29, 1.82) is 0 Å². The van der Waals surface area contributed by atoms with Gasteiger partial charge in [-0.05, 0) is 39.1 Å². The van der Waals surface area contributed by atoms with E-state index in [4.69, 9.17) is 15.2 Å². The Hall–Kier alpha value is -0.620. The van der Waals surface area contributed by atoms with E-state index in [1.807, 2.05) is 26.0 Å². The van der Waals surface area contributed by atoms with Gasteiger partial charge in [-0.2, -0.15) is 0 Å². The highest BCUT2D eigenvalue weighted by Gasteiger charge is 2.19. The highest BCUT2D eigenvalue weighted by atomic mass is 79.9. The Kier molecular flexibility index (Phi) is 7.51. The van der Waals surface area contributed by atoms with Crippen LogP contribution in [0.4, 0.5) is 0 Å². The fourth-order valence-electron chi connectivity index (χ4n) is 2.10. The van der Waals surface area contributed by atoms with Gasteiger partial charge in [0, 0.05) is 23.1 Å². The largest absolute Gasteiger partial charge is 0.496 e. The second kappa shape index (κ2) is 8.62. The van der Waals surface area contributed by atoms with Crippen LogP contribution in [0.2, 0.25) is 0 Å². The molecule has 1 aromatic rings. The summed E-state index contributed by atoms with van der Waals surface area (Å²) in [6.45, 7) is 6.14. The Balaban J connectivity index is 2.81. The molecule has 4 nitrogen and oxygen atoms in total. The van der Waals surface area contributed by atoms with E-state index >= 15 is 0 Å². The zero-order valence-electron chi connectivity index (χ0n) is 12.7. The fourth-order valence-corrected chi connectivity index (χ4v) is 2.48. The van der Waals surface area contributed by atoms with E-state index in [-0.39, 0.29) is 12.1 Å². The van der Waals surface area contributed by atoms with Crippen molar-refractivity contribution in [3.05, 3.63) is 28.2 Å². The standard InChI is InChI=1S/C15H25BrN2O2/c1-11(2)20-8-7-18(3)14(10-17)13-9-12(16)5-6-15(13)19-4/h5-6,9,11,14H,7-8,10,17H2,1-4H3. The van der Waals surface area contributed by atoms with Crippen molar-refractivity contribution < 1.29 is 9.47 Å². The molecule has 2 N–H and O–H groups in total. The predicted octanol–water partition coefficient (Wildman–Crippen LogP) is 2.81. The van der Waals surface area contributed by atoms with Gasteiger partial charge in [-0.1, -0.05) is 15.9 Å². The molecule has 1 unspecified atom stereocenters. The number of ether oxygens (including phenoxy) is 2. The van der Waals surface area contributed by atoms with Crippen LogP contribution in [0.1, 0.15) is 25.5 Å². The van der Waals surface area contributed by atoms with E-state index in [0.29, 0.717) is 13.2 Å². The summed E-state index contributed by atoms with van der Waals surface area (Å²) >= 11 is 3.50. The molecule has 0 radical (unpaired) electrons. The summed E-state index contributed by atoms with van der Waals surface area (Å²) in [5, 5.41) is 0. The highest BCUT2D eigenvalue weighted by Crippen LogP contribution is 2.30. The number of hydrogen-bond acceptors (Lipinski definition) is 4. The number of rotatable bonds is 8. The molecule has 5 heteroatoms. The Morgan fingerprint density at radius 3 is 2.60 bits per heavy atom. The van der Waals surface area contributed by atoms with Crippen molar-refractivity contribution in [2.24, 2.45) is 5.73 Å². The number of likely N-dealkylation sites (N-methyl/N-ethyl adjacent to an activating group) is 1. The number of nitrogens with zero attached hydrogens (tertiary/aromatic N) is 1. The monoisotopic (exact) mass is 344 g/mol. The summed E-state index contributed by atoms with van der Waals surface area (Å²) in [6.07, 6.45) is 0.250. The van der Waals surface area contributed by atoms with Crippen molar-refractivity contribution >= 4 is 15.9 Å². The fraction of sp³-hybridized carbons (Fsp3) is 0.600. The molecule has 0 fully saturated rings. The first-order chi connectivity index (χ1) is 9.49. The zero-order chi connectivity index (χ0) is 15.1. The lowest BCUT2D eigenvalue weighted by Gasteiger charge is -2.28. The number of halogens is 1. The molecule has 0 spiro atoms. The van der Waals surface area contributed by atoms with E-state index in [9.17, 15) is 0 Å². The average Bonchev–Trinajstić information content (AvgIpc) is 2.39. The Morgan fingerprint density at radius 1 is 1.35 bits per heavy atom. The number of hydrogen-bond donors (Lipinski definition) is 1. The summed E-state index contributed by atoms with van der Waals surface area (Å²) in [5.41, 5.74) is 7.05. The van der Waals surface area contributed by atoms with E-state index < -0.39 is 0 Å². The van der Waals surface area contributed by atoms with Gasteiger partial charge in [-0.25, -0.2) is 0 Å². The Morgan fingerprint density at radius 2 is 2.05 bits per heavy atom. The smallest absolute Gasteiger partial charge is 0.123 e. The molecule has 0 saturated carbocycles. The summed E-state index contributed by atoms with van der Waals surface area (Å²) in [6, 6.07) is 6.10. The van der Waals surface area contributed by atoms with Crippen LogP contribution in [0.15, 0.2) is 22.7 Å². The van der Waals surface area contributed by atoms with Crippen LogP contribution < -0.4 is 10.5 Å². The maximum atomic E-state index is 5.96. The van der Waals surface area contributed by atoms with Crippen LogP contribution >= 0.6 is 15.9 Å². The molecular formula is C15H25BrN2O2. The lowest BCUT2D eigenvalue weighted by molar-refractivity contribution is 0.0562. The number of methoxy groups -OCH3 is 1. The van der Waals surface area contributed by atoms with E-state index in [0.717, 1.165) is 22.3 Å². The highest BCUT2D eigenvalue weighted by molar-refractivity contribution is 9.10. The lowest BCUT2D eigenvalue weighted by Crippen LogP contribution is -2.33. The average molecular weight is 345 g/mol. The van der Waals surface area contributed by atoms with Gasteiger partial charge in [-0.15, -0.1) is 0 Å². The minimum atomic E-state index is 0.109. The lowest BCUT2D eigenvalue weighted by atomic mass is 10.0. The van der Waals surface area contributed by atoms with Crippen LogP contribution in [0.3, 0.4) is 0 Å². The molecule has 1 atom stereocenters. The van der Waals surface area contributed by atoms with Crippen molar-refractivity contribution in [3.8, 4) is 5.75 Å². The molecule has 0 aromatic heterocycles. The number of benzene rings is 1. The van der Waals surface area contributed by atoms with Crippen LogP contribution in [0.25, 0.3) is 0 Å². The van der Waals surface area contributed by atoms with Gasteiger partial charge >= 0.3 is 0 Å². The van der Waals surface area contributed by atoms with E-state index in [1.54, 1.807) is 7.11 Å². The molecule has 0 bridgehead atoms. The van der Waals surface area contributed by atoms with Gasteiger partial charge in [-0.3, -0.25) is 4.90 Å². The molecule has 0 saturated heterocycles.